The third kappa shape index (κ3) is 10.0. The normalized spacial score (nSPS) is 17.0. The third-order valence-electron chi connectivity index (χ3n) is 4.55. The fraction of sp³-hybridized carbons (Fsp3) is 0.944. The van der Waals surface area contributed by atoms with Gasteiger partial charge in [0.1, 0.15) is 0 Å². The van der Waals surface area contributed by atoms with Crippen LogP contribution in [0.3, 0.4) is 0 Å². The molecule has 0 aromatic carbocycles. The highest BCUT2D eigenvalue weighted by atomic mass is 127. The monoisotopic (exact) mass is 455 g/mol. The van der Waals surface area contributed by atoms with Crippen LogP contribution < -0.4 is 10.6 Å². The molecule has 1 rings (SSSR count). The lowest BCUT2D eigenvalue weighted by Crippen LogP contribution is -2.43. The zero-order valence-corrected chi connectivity index (χ0v) is 18.4. The van der Waals surface area contributed by atoms with E-state index < -0.39 is 0 Å². The summed E-state index contributed by atoms with van der Waals surface area (Å²) in [4.78, 5) is 4.34. The van der Waals surface area contributed by atoms with E-state index >= 15 is 0 Å². The van der Waals surface area contributed by atoms with Gasteiger partial charge >= 0.3 is 0 Å². The number of aliphatic imine (C=N–C) groups is 1. The van der Waals surface area contributed by atoms with E-state index in [1.54, 1.807) is 7.11 Å². The Kier molecular flexibility index (Phi) is 14.1. The van der Waals surface area contributed by atoms with Crippen molar-refractivity contribution in [2.24, 2.45) is 16.3 Å². The Morgan fingerprint density at radius 1 is 1.12 bits per heavy atom. The lowest BCUT2D eigenvalue weighted by molar-refractivity contribution is 0.0698. The molecule has 0 bridgehead atoms. The van der Waals surface area contributed by atoms with Gasteiger partial charge in [-0.05, 0) is 37.0 Å². The van der Waals surface area contributed by atoms with Gasteiger partial charge in [0, 0.05) is 33.9 Å². The maximum Gasteiger partial charge on any atom is 0.190 e. The minimum absolute atomic E-state index is 0. The van der Waals surface area contributed by atoms with Crippen LogP contribution in [0, 0.1) is 11.3 Å². The Labute approximate surface area is 165 Å². The Bertz CT molecular complexity index is 332. The van der Waals surface area contributed by atoms with Crippen LogP contribution in [0.2, 0.25) is 0 Å². The van der Waals surface area contributed by atoms with Gasteiger partial charge in [0.05, 0.1) is 13.2 Å². The molecule has 0 spiro atoms. The highest BCUT2D eigenvalue weighted by Gasteiger charge is 2.34. The van der Waals surface area contributed by atoms with Gasteiger partial charge in [-0.2, -0.15) is 0 Å². The van der Waals surface area contributed by atoms with Crippen molar-refractivity contribution in [2.75, 3.05) is 47.1 Å². The number of halogens is 1. The summed E-state index contributed by atoms with van der Waals surface area (Å²) in [6, 6.07) is 0. The number of nitrogens with one attached hydrogen (secondary N) is 2. The molecule has 2 N–H and O–H groups in total. The lowest BCUT2D eigenvalue weighted by atomic mass is 9.78. The highest BCUT2D eigenvalue weighted by Crippen LogP contribution is 2.42. The average molecular weight is 455 g/mol. The number of hydrogen-bond acceptors (Lipinski definition) is 3. The van der Waals surface area contributed by atoms with Crippen molar-refractivity contribution in [3.05, 3.63) is 0 Å². The van der Waals surface area contributed by atoms with Crippen LogP contribution in [0.25, 0.3) is 0 Å². The van der Waals surface area contributed by atoms with Crippen molar-refractivity contribution in [3.8, 4) is 0 Å². The first-order chi connectivity index (χ1) is 11.1. The summed E-state index contributed by atoms with van der Waals surface area (Å²) in [6.07, 6.45) is 7.73. The van der Waals surface area contributed by atoms with Gasteiger partial charge in [0.25, 0.3) is 0 Å². The number of ether oxygens (including phenoxy) is 2. The minimum atomic E-state index is 0. The van der Waals surface area contributed by atoms with Gasteiger partial charge in [-0.1, -0.05) is 26.7 Å². The average Bonchev–Trinajstić information content (AvgIpc) is 2.97. The third-order valence-corrected chi connectivity index (χ3v) is 4.55. The number of hydrogen-bond donors (Lipinski definition) is 2. The first-order valence-electron chi connectivity index (χ1n) is 9.13. The highest BCUT2D eigenvalue weighted by molar-refractivity contribution is 14.0. The molecule has 0 amide bonds. The smallest absolute Gasteiger partial charge is 0.190 e. The van der Waals surface area contributed by atoms with E-state index in [9.17, 15) is 0 Å². The molecule has 1 aliphatic carbocycles. The van der Waals surface area contributed by atoms with Crippen LogP contribution in [-0.2, 0) is 9.47 Å². The van der Waals surface area contributed by atoms with Crippen LogP contribution >= 0.6 is 24.0 Å². The molecule has 1 aliphatic rings. The molecule has 0 atom stereocenters. The van der Waals surface area contributed by atoms with E-state index in [2.05, 4.69) is 29.5 Å². The molecular formula is C18H38IN3O2. The Balaban J connectivity index is 0.00000529. The van der Waals surface area contributed by atoms with Crippen LogP contribution in [0.4, 0.5) is 0 Å². The number of methoxy groups -OCH3 is 1. The van der Waals surface area contributed by atoms with Crippen molar-refractivity contribution >= 4 is 29.9 Å². The summed E-state index contributed by atoms with van der Waals surface area (Å²) in [6.45, 7) is 8.66. The zero-order valence-electron chi connectivity index (χ0n) is 16.0. The van der Waals surface area contributed by atoms with Crippen LogP contribution in [0.15, 0.2) is 4.99 Å². The molecule has 0 aromatic heterocycles. The largest absolute Gasteiger partial charge is 0.382 e. The van der Waals surface area contributed by atoms with Crippen molar-refractivity contribution in [2.45, 2.75) is 52.4 Å². The van der Waals surface area contributed by atoms with E-state index in [0.29, 0.717) is 18.6 Å². The summed E-state index contributed by atoms with van der Waals surface area (Å²) in [5, 5.41) is 6.93. The first-order valence-corrected chi connectivity index (χ1v) is 9.13. The van der Waals surface area contributed by atoms with E-state index in [1.807, 2.05) is 7.05 Å². The van der Waals surface area contributed by atoms with Gasteiger partial charge in [-0.25, -0.2) is 0 Å². The second-order valence-corrected chi connectivity index (χ2v) is 7.12. The van der Waals surface area contributed by atoms with Crippen LogP contribution in [-0.4, -0.2) is 53.0 Å². The summed E-state index contributed by atoms with van der Waals surface area (Å²) in [5.74, 6) is 1.67. The summed E-state index contributed by atoms with van der Waals surface area (Å²) < 4.78 is 10.4. The zero-order chi connectivity index (χ0) is 17.0. The summed E-state index contributed by atoms with van der Waals surface area (Å²) >= 11 is 0. The molecular weight excluding hydrogens is 417 g/mol. The number of rotatable bonds is 11. The van der Waals surface area contributed by atoms with Crippen molar-refractivity contribution < 1.29 is 9.47 Å². The molecule has 0 unspecified atom stereocenters. The summed E-state index contributed by atoms with van der Waals surface area (Å²) in [7, 11) is 3.53. The van der Waals surface area contributed by atoms with Gasteiger partial charge in [0.2, 0.25) is 0 Å². The molecule has 0 aliphatic heterocycles. The predicted octanol–water partition coefficient (Wildman–Crippen LogP) is 3.43. The Morgan fingerprint density at radius 3 is 2.42 bits per heavy atom. The molecule has 0 saturated heterocycles. The number of nitrogens with zero attached hydrogens (tertiary/aromatic N) is 1. The van der Waals surface area contributed by atoms with E-state index in [4.69, 9.17) is 9.47 Å². The molecule has 6 heteroatoms. The lowest BCUT2D eigenvalue weighted by Gasteiger charge is -2.31. The molecule has 1 saturated carbocycles. The molecule has 24 heavy (non-hydrogen) atoms. The maximum absolute atomic E-state index is 5.47. The van der Waals surface area contributed by atoms with E-state index in [1.165, 1.54) is 32.1 Å². The van der Waals surface area contributed by atoms with Crippen molar-refractivity contribution in [1.29, 1.82) is 0 Å². The minimum Gasteiger partial charge on any atom is -0.382 e. The van der Waals surface area contributed by atoms with Crippen LogP contribution in [0.5, 0.6) is 0 Å². The predicted molar refractivity (Wildman–Crippen MR) is 112 cm³/mol. The van der Waals surface area contributed by atoms with Gasteiger partial charge < -0.3 is 20.1 Å². The van der Waals surface area contributed by atoms with E-state index in [-0.39, 0.29) is 24.0 Å². The van der Waals surface area contributed by atoms with Gasteiger partial charge in [0.15, 0.2) is 5.96 Å². The van der Waals surface area contributed by atoms with E-state index in [0.717, 1.165) is 38.0 Å². The molecule has 0 radical (unpaired) electrons. The molecule has 0 aromatic rings. The standard InChI is InChI=1S/C18H37N3O2.HI/c1-16(2)14-18(8-5-6-9-18)15-21-17(19-3)20-10-7-11-23-13-12-22-4;/h16H,5-15H2,1-4H3,(H2,19,20,21);1H. The fourth-order valence-electron chi connectivity index (χ4n) is 3.56. The second kappa shape index (κ2) is 14.1. The molecule has 5 nitrogen and oxygen atoms in total. The van der Waals surface area contributed by atoms with Crippen molar-refractivity contribution in [3.63, 3.8) is 0 Å². The van der Waals surface area contributed by atoms with Crippen LogP contribution in [0.1, 0.15) is 52.4 Å². The van der Waals surface area contributed by atoms with Gasteiger partial charge in [-0.15, -0.1) is 24.0 Å². The first kappa shape index (κ1) is 23.9. The van der Waals surface area contributed by atoms with Gasteiger partial charge in [-0.3, -0.25) is 4.99 Å². The Hall–Kier alpha value is -0.0800. The fourth-order valence-corrected chi connectivity index (χ4v) is 3.56. The molecule has 0 heterocycles. The Morgan fingerprint density at radius 2 is 1.83 bits per heavy atom. The maximum atomic E-state index is 5.47. The molecule has 1 fully saturated rings. The quantitative estimate of drug-likeness (QED) is 0.217. The SMILES string of the molecule is CN=C(NCCCOCCOC)NCC1(CC(C)C)CCCC1.I. The van der Waals surface area contributed by atoms with Crippen molar-refractivity contribution in [1.82, 2.24) is 10.6 Å². The topological polar surface area (TPSA) is 54.9 Å². The number of guanidine groups is 1. The molecule has 144 valence electrons. The summed E-state index contributed by atoms with van der Waals surface area (Å²) in [5.41, 5.74) is 0.467. The second-order valence-electron chi connectivity index (χ2n) is 7.12.